The first-order valence-corrected chi connectivity index (χ1v) is 13.9. The molecule has 1 aromatic carbocycles. The number of thiophene rings is 1. The number of carbonyl (C=O) groups excluding carboxylic acids is 1. The number of aromatic nitrogens is 3. The summed E-state index contributed by atoms with van der Waals surface area (Å²) in [4.78, 5) is 30.2. The smallest absolute Gasteiger partial charge is 0.412 e. The van der Waals surface area contributed by atoms with Crippen LogP contribution in [0.1, 0.15) is 37.5 Å². The highest BCUT2D eigenvalue weighted by molar-refractivity contribution is 7.23. The van der Waals surface area contributed by atoms with Crippen LogP contribution in [0, 0.1) is 23.0 Å². The third kappa shape index (κ3) is 4.81. The lowest BCUT2D eigenvalue weighted by Crippen LogP contribution is -2.45. The van der Waals surface area contributed by atoms with Crippen molar-refractivity contribution in [2.45, 2.75) is 39.6 Å². The molecule has 0 bridgehead atoms. The lowest BCUT2D eigenvalue weighted by atomic mass is 9.94. The number of nitriles is 1. The standard InChI is InChI=1S/C28H27F2N7O3S/c1-28(2,3)40-27(38)35-25-14(9-31)20-23(32-11-18(29)24(20)41-25)19-17-13-39-12-16(17)15-10-33-26(34-22(15)21(19)30)37-7-5-36(4)6-8-37/h10-11H,5-8,12-13H2,1-4H3,(H,35,38). The van der Waals surface area contributed by atoms with Gasteiger partial charge in [0.2, 0.25) is 5.95 Å². The highest BCUT2D eigenvalue weighted by atomic mass is 32.1. The summed E-state index contributed by atoms with van der Waals surface area (Å²) in [5.41, 5.74) is 0.720. The molecule has 0 radical (unpaired) electrons. The second-order valence-electron chi connectivity index (χ2n) is 11.1. The quantitative estimate of drug-likeness (QED) is 0.350. The van der Waals surface area contributed by atoms with Crippen LogP contribution >= 0.6 is 11.3 Å². The molecule has 1 N–H and O–H groups in total. The largest absolute Gasteiger partial charge is 0.444 e. The Morgan fingerprint density at radius 1 is 1.15 bits per heavy atom. The lowest BCUT2D eigenvalue weighted by molar-refractivity contribution is 0.0636. The monoisotopic (exact) mass is 579 g/mol. The molecule has 2 aliphatic heterocycles. The van der Waals surface area contributed by atoms with Crippen molar-refractivity contribution in [1.82, 2.24) is 19.9 Å². The number of carbonyl (C=O) groups is 1. The molecule has 1 amide bonds. The molecule has 0 aliphatic carbocycles. The molecule has 1 saturated heterocycles. The number of likely N-dealkylation sites (N-methyl/N-ethyl adjacent to an activating group) is 1. The van der Waals surface area contributed by atoms with Gasteiger partial charge in [-0.2, -0.15) is 5.26 Å². The summed E-state index contributed by atoms with van der Waals surface area (Å²) in [5, 5.41) is 13.4. The van der Waals surface area contributed by atoms with E-state index in [1.54, 1.807) is 27.0 Å². The molecule has 2 aliphatic rings. The van der Waals surface area contributed by atoms with Crippen LogP contribution < -0.4 is 10.2 Å². The third-order valence-corrected chi connectivity index (χ3v) is 8.22. The number of pyridine rings is 1. The number of ether oxygens (including phenoxy) is 2. The van der Waals surface area contributed by atoms with E-state index < -0.39 is 23.3 Å². The van der Waals surface area contributed by atoms with Crippen LogP contribution in [-0.4, -0.2) is 64.8 Å². The Hall–Kier alpha value is -3.99. The van der Waals surface area contributed by atoms with Crippen molar-refractivity contribution in [3.63, 3.8) is 0 Å². The fraction of sp³-hybridized carbons (Fsp3) is 0.393. The molecule has 41 heavy (non-hydrogen) atoms. The minimum absolute atomic E-state index is 0.0363. The summed E-state index contributed by atoms with van der Waals surface area (Å²) in [5.74, 6) is -0.931. The average Bonchev–Trinajstić information content (AvgIpc) is 3.54. The molecule has 6 rings (SSSR count). The molecule has 3 aromatic heterocycles. The van der Waals surface area contributed by atoms with E-state index in [4.69, 9.17) is 9.47 Å². The molecule has 0 saturated carbocycles. The number of hydrogen-bond donors (Lipinski definition) is 1. The topological polar surface area (TPSA) is 116 Å². The Kier molecular flexibility index (Phi) is 6.72. The lowest BCUT2D eigenvalue weighted by Gasteiger charge is -2.32. The highest BCUT2D eigenvalue weighted by Gasteiger charge is 2.31. The summed E-state index contributed by atoms with van der Waals surface area (Å²) in [6.07, 6.45) is 1.82. The number of amides is 1. The molecule has 212 valence electrons. The number of hydrogen-bond acceptors (Lipinski definition) is 10. The van der Waals surface area contributed by atoms with Crippen molar-refractivity contribution >= 4 is 49.4 Å². The molecular weight excluding hydrogens is 552 g/mol. The molecular formula is C28H27F2N7O3S. The van der Waals surface area contributed by atoms with E-state index >= 15 is 8.78 Å². The Morgan fingerprint density at radius 3 is 2.59 bits per heavy atom. The highest BCUT2D eigenvalue weighted by Crippen LogP contribution is 2.45. The van der Waals surface area contributed by atoms with E-state index in [-0.39, 0.29) is 50.6 Å². The van der Waals surface area contributed by atoms with Gasteiger partial charge < -0.3 is 19.3 Å². The van der Waals surface area contributed by atoms with Gasteiger partial charge in [0, 0.05) is 48.7 Å². The number of nitrogens with one attached hydrogen (secondary N) is 1. The molecule has 1 fully saturated rings. The number of anilines is 2. The van der Waals surface area contributed by atoms with Crippen LogP contribution in [0.5, 0.6) is 0 Å². The van der Waals surface area contributed by atoms with Crippen LogP contribution in [0.25, 0.3) is 32.2 Å². The van der Waals surface area contributed by atoms with Crippen LogP contribution in [0.4, 0.5) is 24.5 Å². The molecule has 5 heterocycles. The van der Waals surface area contributed by atoms with Crippen molar-refractivity contribution in [2.24, 2.45) is 0 Å². The Bertz CT molecular complexity index is 1750. The summed E-state index contributed by atoms with van der Waals surface area (Å²) in [6.45, 7) is 8.51. The van der Waals surface area contributed by atoms with E-state index in [0.717, 1.165) is 36.2 Å². The summed E-state index contributed by atoms with van der Waals surface area (Å²) in [6, 6.07) is 2.05. The van der Waals surface area contributed by atoms with Gasteiger partial charge in [0.25, 0.3) is 0 Å². The van der Waals surface area contributed by atoms with Crippen molar-refractivity contribution in [3.05, 3.63) is 40.7 Å². The fourth-order valence-electron chi connectivity index (χ4n) is 5.16. The van der Waals surface area contributed by atoms with Gasteiger partial charge in [-0.1, -0.05) is 0 Å². The average molecular weight is 580 g/mol. The predicted molar refractivity (Wildman–Crippen MR) is 151 cm³/mol. The summed E-state index contributed by atoms with van der Waals surface area (Å²) in [7, 11) is 2.04. The Morgan fingerprint density at radius 2 is 1.88 bits per heavy atom. The maximum Gasteiger partial charge on any atom is 0.412 e. The predicted octanol–water partition coefficient (Wildman–Crippen LogP) is 5.19. The molecule has 0 spiro atoms. The van der Waals surface area contributed by atoms with E-state index in [1.807, 2.05) is 18.0 Å². The number of halogens is 2. The van der Waals surface area contributed by atoms with E-state index in [1.165, 1.54) is 0 Å². The van der Waals surface area contributed by atoms with Gasteiger partial charge in [0.05, 0.1) is 35.4 Å². The maximum atomic E-state index is 16.6. The summed E-state index contributed by atoms with van der Waals surface area (Å²) >= 11 is 0.863. The zero-order valence-electron chi connectivity index (χ0n) is 23.0. The van der Waals surface area contributed by atoms with Crippen molar-refractivity contribution in [1.29, 1.82) is 5.26 Å². The molecule has 0 atom stereocenters. The van der Waals surface area contributed by atoms with Crippen molar-refractivity contribution < 1.29 is 23.0 Å². The summed E-state index contributed by atoms with van der Waals surface area (Å²) < 4.78 is 42.8. The van der Waals surface area contributed by atoms with Gasteiger partial charge in [-0.15, -0.1) is 11.3 Å². The van der Waals surface area contributed by atoms with Gasteiger partial charge in [0.1, 0.15) is 22.2 Å². The van der Waals surface area contributed by atoms with E-state index in [0.29, 0.717) is 30.0 Å². The minimum Gasteiger partial charge on any atom is -0.444 e. The molecule has 10 nitrogen and oxygen atoms in total. The normalized spacial score (nSPS) is 15.8. The Labute approximate surface area is 238 Å². The van der Waals surface area contributed by atoms with Crippen molar-refractivity contribution in [2.75, 3.05) is 43.4 Å². The fourth-order valence-corrected chi connectivity index (χ4v) is 6.20. The first-order chi connectivity index (χ1) is 19.6. The Balaban J connectivity index is 1.54. The zero-order chi connectivity index (χ0) is 29.1. The van der Waals surface area contributed by atoms with Crippen molar-refractivity contribution in [3.8, 4) is 17.3 Å². The zero-order valence-corrected chi connectivity index (χ0v) is 23.8. The minimum atomic E-state index is -0.796. The number of fused-ring (bicyclic) bond motifs is 4. The van der Waals surface area contributed by atoms with Gasteiger partial charge >= 0.3 is 6.09 Å². The number of piperazine rings is 1. The maximum absolute atomic E-state index is 16.6. The molecule has 13 heteroatoms. The van der Waals surface area contributed by atoms with Gasteiger partial charge in [0.15, 0.2) is 11.6 Å². The second-order valence-corrected chi connectivity index (χ2v) is 12.1. The first kappa shape index (κ1) is 27.2. The van der Waals surface area contributed by atoms with Gasteiger partial charge in [-0.25, -0.2) is 23.5 Å². The molecule has 0 unspecified atom stereocenters. The van der Waals surface area contributed by atoms with Gasteiger partial charge in [-0.05, 0) is 38.9 Å². The van der Waals surface area contributed by atoms with Crippen LogP contribution in [0.2, 0.25) is 0 Å². The SMILES string of the molecule is CN1CCN(c2ncc3c4c(c(-c5ncc(F)c6sc(NC(=O)OC(C)(C)C)c(C#N)c56)c(F)c3n2)COC4)CC1. The van der Waals surface area contributed by atoms with Crippen LogP contribution in [0.15, 0.2) is 12.4 Å². The van der Waals surface area contributed by atoms with Crippen LogP contribution in [0.3, 0.4) is 0 Å². The number of benzene rings is 1. The third-order valence-electron chi connectivity index (χ3n) is 7.11. The van der Waals surface area contributed by atoms with E-state index in [9.17, 15) is 10.1 Å². The first-order valence-electron chi connectivity index (χ1n) is 13.1. The van der Waals surface area contributed by atoms with Gasteiger partial charge in [-0.3, -0.25) is 10.3 Å². The molecule has 4 aromatic rings. The number of rotatable bonds is 3. The number of nitrogens with zero attached hydrogens (tertiary/aromatic N) is 6. The van der Waals surface area contributed by atoms with Crippen LogP contribution in [-0.2, 0) is 22.7 Å². The van der Waals surface area contributed by atoms with E-state index in [2.05, 4.69) is 25.2 Å². The second kappa shape index (κ2) is 10.1.